The van der Waals surface area contributed by atoms with Crippen LogP contribution in [0.4, 0.5) is 0 Å². The molecule has 0 aromatic heterocycles. The van der Waals surface area contributed by atoms with E-state index in [1.807, 2.05) is 0 Å². The number of amides is 1. The third kappa shape index (κ3) is 6.16. The molecule has 2 atom stereocenters. The number of rotatable bonds is 8. The number of benzene rings is 2. The van der Waals surface area contributed by atoms with Crippen molar-refractivity contribution in [2.24, 2.45) is 0 Å². The summed E-state index contributed by atoms with van der Waals surface area (Å²) in [4.78, 5) is 49.2. The SMILES string of the molecule is CCOC(=O)C(=O)OC(C(=O)OCC)C(NC(=O)c1ccccc1)c1ccccc1. The van der Waals surface area contributed by atoms with Gasteiger partial charge in [-0.1, -0.05) is 48.5 Å². The summed E-state index contributed by atoms with van der Waals surface area (Å²) in [5, 5.41) is 2.70. The summed E-state index contributed by atoms with van der Waals surface area (Å²) < 4.78 is 14.8. The Morgan fingerprint density at radius 1 is 0.800 bits per heavy atom. The first-order valence-electron chi connectivity index (χ1n) is 9.43. The number of hydrogen-bond donors (Lipinski definition) is 1. The minimum Gasteiger partial charge on any atom is -0.463 e. The Kier molecular flexibility index (Phi) is 8.56. The third-order valence-electron chi connectivity index (χ3n) is 3.98. The van der Waals surface area contributed by atoms with Crippen LogP contribution < -0.4 is 5.32 Å². The highest BCUT2D eigenvalue weighted by atomic mass is 16.6. The number of ether oxygens (including phenoxy) is 3. The summed E-state index contributed by atoms with van der Waals surface area (Å²) in [6, 6.07) is 15.7. The maximum Gasteiger partial charge on any atom is 0.418 e. The van der Waals surface area contributed by atoms with E-state index in [1.165, 1.54) is 6.92 Å². The van der Waals surface area contributed by atoms with Gasteiger partial charge in [0.05, 0.1) is 13.2 Å². The van der Waals surface area contributed by atoms with Gasteiger partial charge in [0.1, 0.15) is 6.04 Å². The van der Waals surface area contributed by atoms with E-state index in [9.17, 15) is 19.2 Å². The molecule has 1 amide bonds. The highest BCUT2D eigenvalue weighted by Crippen LogP contribution is 2.22. The summed E-state index contributed by atoms with van der Waals surface area (Å²) in [5.74, 6) is -4.00. The Bertz CT molecular complexity index is 868. The van der Waals surface area contributed by atoms with E-state index in [-0.39, 0.29) is 13.2 Å². The molecule has 8 heteroatoms. The predicted octanol–water partition coefficient (Wildman–Crippen LogP) is 2.20. The lowest BCUT2D eigenvalue weighted by Crippen LogP contribution is -2.44. The second-order valence-corrected chi connectivity index (χ2v) is 6.03. The lowest BCUT2D eigenvalue weighted by Gasteiger charge is -2.26. The molecular formula is C22H23NO7. The largest absolute Gasteiger partial charge is 0.463 e. The normalized spacial score (nSPS) is 12.2. The lowest BCUT2D eigenvalue weighted by molar-refractivity contribution is -0.178. The third-order valence-corrected chi connectivity index (χ3v) is 3.98. The molecule has 2 aromatic carbocycles. The van der Waals surface area contributed by atoms with Crippen LogP contribution in [0.25, 0.3) is 0 Å². The molecule has 2 unspecified atom stereocenters. The molecule has 2 aromatic rings. The lowest BCUT2D eigenvalue weighted by atomic mass is 10.0. The molecule has 0 saturated carbocycles. The summed E-state index contributed by atoms with van der Waals surface area (Å²) in [6.45, 7) is 3.09. The van der Waals surface area contributed by atoms with E-state index in [4.69, 9.17) is 9.47 Å². The predicted molar refractivity (Wildman–Crippen MR) is 106 cm³/mol. The van der Waals surface area contributed by atoms with E-state index >= 15 is 0 Å². The zero-order valence-corrected chi connectivity index (χ0v) is 16.7. The molecule has 30 heavy (non-hydrogen) atoms. The number of esters is 3. The maximum atomic E-state index is 12.7. The number of carbonyl (C=O) groups is 4. The van der Waals surface area contributed by atoms with Crippen LogP contribution in [0.15, 0.2) is 60.7 Å². The summed E-state index contributed by atoms with van der Waals surface area (Å²) in [5.41, 5.74) is 0.828. The van der Waals surface area contributed by atoms with Crippen molar-refractivity contribution in [3.05, 3.63) is 71.8 Å². The van der Waals surface area contributed by atoms with Gasteiger partial charge in [0.25, 0.3) is 5.91 Å². The van der Waals surface area contributed by atoms with E-state index < -0.39 is 36.0 Å². The molecule has 0 aliphatic rings. The second kappa shape index (κ2) is 11.4. The molecule has 1 N–H and O–H groups in total. The molecule has 2 rings (SSSR count). The first-order valence-corrected chi connectivity index (χ1v) is 9.43. The highest BCUT2D eigenvalue weighted by Gasteiger charge is 2.37. The van der Waals surface area contributed by atoms with E-state index in [0.29, 0.717) is 11.1 Å². The fourth-order valence-electron chi connectivity index (χ4n) is 2.64. The van der Waals surface area contributed by atoms with Crippen LogP contribution in [-0.2, 0) is 28.6 Å². The highest BCUT2D eigenvalue weighted by molar-refractivity contribution is 6.30. The van der Waals surface area contributed by atoms with Gasteiger partial charge in [0.15, 0.2) is 0 Å². The Labute approximate surface area is 174 Å². The van der Waals surface area contributed by atoms with Gasteiger partial charge in [-0.25, -0.2) is 14.4 Å². The van der Waals surface area contributed by atoms with Gasteiger partial charge in [0, 0.05) is 5.56 Å². The maximum absolute atomic E-state index is 12.7. The van der Waals surface area contributed by atoms with Crippen molar-refractivity contribution in [3.63, 3.8) is 0 Å². The van der Waals surface area contributed by atoms with Crippen molar-refractivity contribution in [2.75, 3.05) is 13.2 Å². The fraction of sp³-hybridized carbons (Fsp3) is 0.273. The zero-order valence-electron chi connectivity index (χ0n) is 16.7. The van der Waals surface area contributed by atoms with Gasteiger partial charge >= 0.3 is 17.9 Å². The van der Waals surface area contributed by atoms with Gasteiger partial charge < -0.3 is 19.5 Å². The van der Waals surface area contributed by atoms with Crippen LogP contribution in [0.5, 0.6) is 0 Å². The summed E-state index contributed by atoms with van der Waals surface area (Å²) in [7, 11) is 0. The Morgan fingerprint density at radius 3 is 1.93 bits per heavy atom. The molecule has 0 fully saturated rings. The molecule has 0 aliphatic heterocycles. The summed E-state index contributed by atoms with van der Waals surface area (Å²) in [6.07, 6.45) is -1.60. The van der Waals surface area contributed by atoms with Crippen LogP contribution in [0, 0.1) is 0 Å². The fourth-order valence-corrected chi connectivity index (χ4v) is 2.64. The van der Waals surface area contributed by atoms with Crippen LogP contribution in [0.3, 0.4) is 0 Å². The van der Waals surface area contributed by atoms with Gasteiger partial charge in [-0.15, -0.1) is 0 Å². The Balaban J connectivity index is 2.38. The molecule has 0 aliphatic carbocycles. The molecule has 0 spiro atoms. The molecule has 0 radical (unpaired) electrons. The monoisotopic (exact) mass is 413 g/mol. The Hall–Kier alpha value is -3.68. The average molecular weight is 413 g/mol. The first-order chi connectivity index (χ1) is 14.5. The average Bonchev–Trinajstić information content (AvgIpc) is 2.77. The molecule has 0 heterocycles. The van der Waals surface area contributed by atoms with Gasteiger partial charge in [-0.05, 0) is 31.5 Å². The van der Waals surface area contributed by atoms with Crippen LogP contribution in [0.2, 0.25) is 0 Å². The number of carbonyl (C=O) groups excluding carboxylic acids is 4. The van der Waals surface area contributed by atoms with Crippen LogP contribution >= 0.6 is 0 Å². The minimum absolute atomic E-state index is 0.0143. The van der Waals surface area contributed by atoms with Crippen LogP contribution in [0.1, 0.15) is 35.8 Å². The van der Waals surface area contributed by atoms with Crippen molar-refractivity contribution in [2.45, 2.75) is 26.0 Å². The van der Waals surface area contributed by atoms with Crippen molar-refractivity contribution < 1.29 is 33.4 Å². The molecule has 8 nitrogen and oxygen atoms in total. The van der Waals surface area contributed by atoms with Crippen molar-refractivity contribution in [1.82, 2.24) is 5.32 Å². The second-order valence-electron chi connectivity index (χ2n) is 6.03. The van der Waals surface area contributed by atoms with E-state index in [2.05, 4.69) is 10.1 Å². The van der Waals surface area contributed by atoms with Gasteiger partial charge in [-0.3, -0.25) is 4.79 Å². The molecule has 158 valence electrons. The topological polar surface area (TPSA) is 108 Å². The number of nitrogens with one attached hydrogen (secondary N) is 1. The number of hydrogen-bond acceptors (Lipinski definition) is 7. The van der Waals surface area contributed by atoms with Crippen molar-refractivity contribution in [3.8, 4) is 0 Å². The Morgan fingerprint density at radius 2 is 1.37 bits per heavy atom. The molecule has 0 bridgehead atoms. The van der Waals surface area contributed by atoms with E-state index in [1.54, 1.807) is 67.6 Å². The van der Waals surface area contributed by atoms with Gasteiger partial charge in [-0.2, -0.15) is 0 Å². The molecular weight excluding hydrogens is 390 g/mol. The van der Waals surface area contributed by atoms with Crippen molar-refractivity contribution >= 4 is 23.8 Å². The molecule has 0 saturated heterocycles. The quantitative estimate of drug-likeness (QED) is 0.401. The van der Waals surface area contributed by atoms with Crippen molar-refractivity contribution in [1.29, 1.82) is 0 Å². The minimum atomic E-state index is -1.60. The summed E-state index contributed by atoms with van der Waals surface area (Å²) >= 11 is 0. The standard InChI is InChI=1S/C22H23NO7/c1-3-28-20(25)18(30-22(27)21(26)29-4-2)17(15-11-7-5-8-12-15)23-19(24)16-13-9-6-10-14-16/h5-14,17-18H,3-4H2,1-2H3,(H,23,24). The zero-order chi connectivity index (χ0) is 21.9. The van der Waals surface area contributed by atoms with Crippen LogP contribution in [-0.4, -0.2) is 43.1 Å². The van der Waals surface area contributed by atoms with Gasteiger partial charge in [0.2, 0.25) is 6.10 Å². The van der Waals surface area contributed by atoms with E-state index in [0.717, 1.165) is 0 Å². The smallest absolute Gasteiger partial charge is 0.418 e. The first kappa shape index (κ1) is 22.6.